The zero-order valence-corrected chi connectivity index (χ0v) is 18.1. The predicted octanol–water partition coefficient (Wildman–Crippen LogP) is 4.43. The number of amides is 1. The van der Waals surface area contributed by atoms with Crippen LogP contribution in [0, 0.1) is 0 Å². The number of hydrogen-bond acceptors (Lipinski definition) is 4. The highest BCUT2D eigenvalue weighted by Crippen LogP contribution is 2.46. The predicted molar refractivity (Wildman–Crippen MR) is 119 cm³/mol. The third-order valence-electron chi connectivity index (χ3n) is 8.11. The van der Waals surface area contributed by atoms with Gasteiger partial charge in [-0.05, 0) is 74.6 Å². The van der Waals surface area contributed by atoms with Crippen molar-refractivity contribution >= 4 is 6.09 Å². The summed E-state index contributed by atoms with van der Waals surface area (Å²) in [7, 11) is 0. The Hall–Kier alpha value is -1.59. The zero-order chi connectivity index (χ0) is 20.4. The average molecular weight is 415 g/mol. The van der Waals surface area contributed by atoms with Gasteiger partial charge in [0.25, 0.3) is 0 Å². The van der Waals surface area contributed by atoms with E-state index in [-0.39, 0.29) is 19.7 Å². The van der Waals surface area contributed by atoms with E-state index in [0.29, 0.717) is 24.7 Å². The highest BCUT2D eigenvalue weighted by Gasteiger charge is 2.42. The molecular weight excluding hydrogens is 376 g/mol. The number of likely N-dealkylation sites (tertiary alicyclic amines) is 1. The molecule has 3 fully saturated rings. The van der Waals surface area contributed by atoms with Crippen LogP contribution in [0.25, 0.3) is 0 Å². The Kier molecular flexibility index (Phi) is 6.01. The van der Waals surface area contributed by atoms with Gasteiger partial charge in [0.1, 0.15) is 6.10 Å². The summed E-state index contributed by atoms with van der Waals surface area (Å²) in [4.78, 5) is 15.1. The topological polar surface area (TPSA) is 50.8 Å². The quantitative estimate of drug-likeness (QED) is 0.744. The summed E-state index contributed by atoms with van der Waals surface area (Å²) in [5, 5.41) is 3.17. The Bertz CT molecular complexity index is 744. The molecule has 0 bridgehead atoms. The largest absolute Gasteiger partial charge is 0.444 e. The van der Waals surface area contributed by atoms with Crippen LogP contribution in [0.15, 0.2) is 24.3 Å². The number of alkyl carbamates (subject to hydrolysis) is 1. The van der Waals surface area contributed by atoms with Crippen molar-refractivity contribution in [1.82, 2.24) is 10.2 Å². The van der Waals surface area contributed by atoms with E-state index in [1.807, 2.05) is 0 Å². The minimum absolute atomic E-state index is 0. The number of rotatable bonds is 3. The number of fused-ring (bicyclic) bond motifs is 2. The van der Waals surface area contributed by atoms with Gasteiger partial charge in [0.05, 0.1) is 13.2 Å². The lowest BCUT2D eigenvalue weighted by molar-refractivity contribution is 0.0763. The molecule has 2 unspecified atom stereocenters. The van der Waals surface area contributed by atoms with Gasteiger partial charge in [-0.15, -0.1) is 0 Å². The fourth-order valence-corrected chi connectivity index (χ4v) is 6.36. The summed E-state index contributed by atoms with van der Waals surface area (Å²) in [6.07, 6.45) is 11.5. The monoisotopic (exact) mass is 414 g/mol. The highest BCUT2D eigenvalue weighted by atomic mass is 16.6. The lowest BCUT2D eigenvalue weighted by Crippen LogP contribution is -2.48. The number of nitrogens with one attached hydrogen (secondary N) is 1. The van der Waals surface area contributed by atoms with Crippen LogP contribution in [0.3, 0.4) is 0 Å². The van der Waals surface area contributed by atoms with Crippen LogP contribution in [-0.4, -0.2) is 55.5 Å². The van der Waals surface area contributed by atoms with Gasteiger partial charge < -0.3 is 19.7 Å². The molecule has 3 atom stereocenters. The minimum atomic E-state index is -0.253. The molecule has 4 aliphatic rings. The summed E-state index contributed by atoms with van der Waals surface area (Å²) in [6, 6.07) is 9.93. The number of piperidine rings is 1. The lowest BCUT2D eigenvalue weighted by atomic mass is 9.73. The second-order valence-electron chi connectivity index (χ2n) is 9.88. The average Bonchev–Trinajstić information content (AvgIpc) is 3.32. The number of carbonyl (C=O) groups excluding carboxylic acids is 1. The van der Waals surface area contributed by atoms with Crippen molar-refractivity contribution in [2.24, 2.45) is 0 Å². The van der Waals surface area contributed by atoms with Crippen LogP contribution in [0.5, 0.6) is 0 Å². The van der Waals surface area contributed by atoms with E-state index in [9.17, 15) is 4.79 Å². The van der Waals surface area contributed by atoms with Crippen molar-refractivity contribution in [1.29, 1.82) is 0 Å². The first kappa shape index (κ1) is 20.3. The standard InChI is InChI=1S/C25H36N2O3.H2/c28-24(30-22-10-16-29-18-22)26-20-6-2-3-7-21(17-20)27-14-12-25(13-15-27)11-9-19-5-1-4-8-23(19)25;/h1,4-5,8,20-22H,2-3,6-7,9-18H2,(H,26,28);1H/t20?,21?,22-;/m0./s1. The molecular formula is C25H38N2O3. The van der Waals surface area contributed by atoms with Crippen molar-refractivity contribution in [2.45, 2.75) is 87.8 Å². The van der Waals surface area contributed by atoms with Gasteiger partial charge in [-0.3, -0.25) is 0 Å². The second-order valence-corrected chi connectivity index (χ2v) is 9.88. The molecule has 1 amide bonds. The number of benzene rings is 1. The molecule has 1 saturated carbocycles. The first-order chi connectivity index (χ1) is 14.7. The SMILES string of the molecule is O=C(NC1CCCCC(N2CCC3(CCc4ccccc43)CC2)C1)O[C@H]1CCOC1.[HH]. The molecule has 1 N–H and O–H groups in total. The van der Waals surface area contributed by atoms with Gasteiger partial charge in [0, 0.05) is 19.9 Å². The third kappa shape index (κ3) is 4.24. The van der Waals surface area contributed by atoms with E-state index in [2.05, 4.69) is 34.5 Å². The summed E-state index contributed by atoms with van der Waals surface area (Å²) < 4.78 is 10.9. The molecule has 5 nitrogen and oxygen atoms in total. The smallest absolute Gasteiger partial charge is 0.407 e. The van der Waals surface area contributed by atoms with Crippen LogP contribution in [0.2, 0.25) is 0 Å². The van der Waals surface area contributed by atoms with Crippen LogP contribution >= 0.6 is 0 Å². The van der Waals surface area contributed by atoms with Gasteiger partial charge in [-0.25, -0.2) is 4.79 Å². The van der Waals surface area contributed by atoms with Gasteiger partial charge in [-0.1, -0.05) is 37.1 Å². The molecule has 166 valence electrons. The molecule has 0 aromatic heterocycles. The Morgan fingerprint density at radius 2 is 1.97 bits per heavy atom. The van der Waals surface area contributed by atoms with E-state index in [0.717, 1.165) is 19.3 Å². The molecule has 1 spiro atoms. The summed E-state index contributed by atoms with van der Waals surface area (Å²) in [5.74, 6) is 0. The molecule has 1 aromatic rings. The van der Waals surface area contributed by atoms with E-state index in [4.69, 9.17) is 9.47 Å². The first-order valence-corrected chi connectivity index (χ1v) is 12.1. The summed E-state index contributed by atoms with van der Waals surface area (Å²) in [5.41, 5.74) is 3.63. The minimum Gasteiger partial charge on any atom is -0.444 e. The normalized spacial score (nSPS) is 31.3. The number of hydrogen-bond donors (Lipinski definition) is 1. The van der Waals surface area contributed by atoms with E-state index in [1.165, 1.54) is 58.0 Å². The van der Waals surface area contributed by atoms with Crippen LogP contribution in [-0.2, 0) is 21.3 Å². The maximum absolute atomic E-state index is 12.3. The summed E-state index contributed by atoms with van der Waals surface area (Å²) in [6.45, 7) is 3.62. The van der Waals surface area contributed by atoms with Crippen LogP contribution in [0.1, 0.15) is 70.3 Å². The van der Waals surface area contributed by atoms with Crippen molar-refractivity contribution in [2.75, 3.05) is 26.3 Å². The number of carbonyl (C=O) groups is 1. The maximum atomic E-state index is 12.3. The number of nitrogens with zero attached hydrogens (tertiary/aromatic N) is 1. The molecule has 2 heterocycles. The molecule has 30 heavy (non-hydrogen) atoms. The molecule has 1 aromatic carbocycles. The van der Waals surface area contributed by atoms with Gasteiger partial charge in [-0.2, -0.15) is 0 Å². The van der Waals surface area contributed by atoms with E-state index in [1.54, 1.807) is 11.1 Å². The first-order valence-electron chi connectivity index (χ1n) is 12.1. The Morgan fingerprint density at radius 3 is 2.80 bits per heavy atom. The second kappa shape index (κ2) is 8.88. The fraction of sp³-hybridized carbons (Fsp3) is 0.720. The molecule has 2 aliphatic carbocycles. The Balaban J connectivity index is 0.00000231. The van der Waals surface area contributed by atoms with Crippen LogP contribution in [0.4, 0.5) is 4.79 Å². The van der Waals surface area contributed by atoms with Crippen molar-refractivity contribution in [3.8, 4) is 0 Å². The van der Waals surface area contributed by atoms with Crippen molar-refractivity contribution in [3.05, 3.63) is 35.4 Å². The van der Waals surface area contributed by atoms with E-state index >= 15 is 0 Å². The third-order valence-corrected chi connectivity index (χ3v) is 8.11. The molecule has 0 radical (unpaired) electrons. The van der Waals surface area contributed by atoms with Crippen LogP contribution < -0.4 is 5.32 Å². The van der Waals surface area contributed by atoms with Crippen molar-refractivity contribution < 1.29 is 15.7 Å². The molecule has 2 saturated heterocycles. The molecule has 2 aliphatic heterocycles. The summed E-state index contributed by atoms with van der Waals surface area (Å²) >= 11 is 0. The maximum Gasteiger partial charge on any atom is 0.407 e. The highest BCUT2D eigenvalue weighted by molar-refractivity contribution is 5.67. The van der Waals surface area contributed by atoms with Gasteiger partial charge >= 0.3 is 6.09 Å². The Labute approximate surface area is 182 Å². The molecule has 5 rings (SSSR count). The Morgan fingerprint density at radius 1 is 1.13 bits per heavy atom. The lowest BCUT2D eigenvalue weighted by Gasteiger charge is -2.43. The zero-order valence-electron chi connectivity index (χ0n) is 18.1. The number of aryl methyl sites for hydroxylation is 1. The van der Waals surface area contributed by atoms with Gasteiger partial charge in [0.15, 0.2) is 0 Å². The van der Waals surface area contributed by atoms with Gasteiger partial charge in [0.2, 0.25) is 0 Å². The number of ether oxygens (including phenoxy) is 2. The van der Waals surface area contributed by atoms with Crippen molar-refractivity contribution in [3.63, 3.8) is 0 Å². The fourth-order valence-electron chi connectivity index (χ4n) is 6.36. The molecule has 5 heteroatoms. The van der Waals surface area contributed by atoms with E-state index < -0.39 is 0 Å².